The van der Waals surface area contributed by atoms with Crippen molar-refractivity contribution >= 4 is 44.2 Å². The van der Waals surface area contributed by atoms with Crippen molar-refractivity contribution in [2.45, 2.75) is 43.2 Å². The Labute approximate surface area is 224 Å². The van der Waals surface area contributed by atoms with Crippen LogP contribution in [0.4, 0.5) is 21.9 Å². The van der Waals surface area contributed by atoms with Crippen LogP contribution in [0.3, 0.4) is 0 Å². The summed E-state index contributed by atoms with van der Waals surface area (Å²) in [7, 11) is -3.98. The van der Waals surface area contributed by atoms with Gasteiger partial charge in [-0.2, -0.15) is 23.9 Å². The fourth-order valence-corrected chi connectivity index (χ4v) is 5.62. The number of anilines is 3. The maximum absolute atomic E-state index is 13.2. The predicted molar refractivity (Wildman–Crippen MR) is 142 cm³/mol. The van der Waals surface area contributed by atoms with E-state index >= 15 is 0 Å². The van der Waals surface area contributed by atoms with Gasteiger partial charge in [0.15, 0.2) is 5.65 Å². The number of likely N-dealkylation sites (tertiary alicyclic amines) is 1. The van der Waals surface area contributed by atoms with Crippen LogP contribution >= 0.6 is 0 Å². The monoisotopic (exact) mass is 549 g/mol. The maximum atomic E-state index is 13.2. The number of nitriles is 1. The zero-order chi connectivity index (χ0) is 28.0. The lowest BCUT2D eigenvalue weighted by Crippen LogP contribution is -2.64. The van der Waals surface area contributed by atoms with E-state index < -0.39 is 27.3 Å². The number of nitrogen functional groups attached to an aromatic ring is 1. The van der Waals surface area contributed by atoms with Gasteiger partial charge in [-0.25, -0.2) is 9.78 Å². The van der Waals surface area contributed by atoms with Gasteiger partial charge in [0.05, 0.1) is 71.5 Å². The van der Waals surface area contributed by atoms with Gasteiger partial charge in [-0.05, 0) is 32.9 Å². The molecule has 0 spiro atoms. The van der Waals surface area contributed by atoms with Gasteiger partial charge in [0, 0.05) is 6.20 Å². The van der Waals surface area contributed by atoms with Crippen LogP contribution in [0.5, 0.6) is 0 Å². The zero-order valence-corrected chi connectivity index (χ0v) is 22.4. The number of aromatic nitrogens is 5. The normalized spacial score (nSPS) is 15.0. The molecule has 3 N–H and O–H groups in total. The lowest BCUT2D eigenvalue weighted by molar-refractivity contribution is -0.0314. The highest BCUT2D eigenvalue weighted by Gasteiger charge is 2.48. The number of hydrogen-bond donors (Lipinski definition) is 2. The molecule has 0 atom stereocenters. The van der Waals surface area contributed by atoms with Crippen LogP contribution in [-0.2, 0) is 20.3 Å². The van der Waals surface area contributed by atoms with Crippen LogP contribution < -0.4 is 11.1 Å². The number of nitrogens with zero attached hydrogens (tertiary/aromatic N) is 7. The Morgan fingerprint density at radius 3 is 2.56 bits per heavy atom. The largest absolute Gasteiger partial charge is 0.444 e. The van der Waals surface area contributed by atoms with Crippen molar-refractivity contribution in [1.29, 1.82) is 5.26 Å². The van der Waals surface area contributed by atoms with E-state index in [2.05, 4.69) is 26.6 Å². The van der Waals surface area contributed by atoms with E-state index in [1.165, 1.54) is 29.4 Å². The summed E-state index contributed by atoms with van der Waals surface area (Å²) in [4.78, 5) is 18.3. The summed E-state index contributed by atoms with van der Waals surface area (Å²) in [6, 6.07) is 10.1. The summed E-state index contributed by atoms with van der Waals surface area (Å²) in [5.41, 5.74) is 6.20. The third kappa shape index (κ3) is 4.72. The molecule has 1 aromatic carbocycles. The van der Waals surface area contributed by atoms with Crippen LogP contribution in [-0.4, -0.2) is 62.1 Å². The van der Waals surface area contributed by atoms with E-state index in [4.69, 9.17) is 10.5 Å². The van der Waals surface area contributed by atoms with Crippen LogP contribution in [0.25, 0.3) is 11.0 Å². The number of nitrogens with two attached hydrogens (primary N) is 1. The number of carbonyl (C=O) groups is 1. The number of carbonyl (C=O) groups excluding carboxylic acids is 1. The molecule has 1 aliphatic rings. The first-order valence-electron chi connectivity index (χ1n) is 12.0. The summed E-state index contributed by atoms with van der Waals surface area (Å²) in [5.74, 6) is 0. The maximum Gasteiger partial charge on any atom is 0.410 e. The van der Waals surface area contributed by atoms with Gasteiger partial charge < -0.3 is 20.7 Å². The topological polar surface area (TPSA) is 174 Å². The third-order valence-corrected chi connectivity index (χ3v) is 7.83. The molecule has 1 fully saturated rings. The molecule has 4 aromatic rings. The van der Waals surface area contributed by atoms with Crippen molar-refractivity contribution in [2.75, 3.05) is 24.1 Å². The standard InChI is InChI=1S/C25H27N9O4S/c1-24(2,3)38-23(35)32-15-25(16-32,9-10-26)33-14-17(11-29-33)31-21-19-12-30-34(22(19)28-13-20(21)27)39(36,37)18-7-5-4-6-8-18/h4-8,11-14H,9,15-16,27H2,1-3H3,(H,28,31). The third-order valence-electron chi connectivity index (χ3n) is 6.23. The number of benzene rings is 1. The van der Waals surface area contributed by atoms with Gasteiger partial charge in [-0.15, -0.1) is 4.09 Å². The quantitative estimate of drug-likeness (QED) is 0.364. The summed E-state index contributed by atoms with van der Waals surface area (Å²) >= 11 is 0. The molecule has 4 heterocycles. The number of amides is 1. The Hall–Kier alpha value is -4.64. The lowest BCUT2D eigenvalue weighted by Gasteiger charge is -2.48. The minimum absolute atomic E-state index is 0.0770. The Bertz CT molecular complexity index is 1690. The number of hydrogen-bond acceptors (Lipinski definition) is 10. The highest BCUT2D eigenvalue weighted by molar-refractivity contribution is 7.90. The molecule has 14 heteroatoms. The Balaban J connectivity index is 1.42. The highest BCUT2D eigenvalue weighted by Crippen LogP contribution is 2.36. The molecule has 13 nitrogen and oxygen atoms in total. The summed E-state index contributed by atoms with van der Waals surface area (Å²) in [6.45, 7) is 5.91. The van der Waals surface area contributed by atoms with Crippen molar-refractivity contribution in [1.82, 2.24) is 28.9 Å². The second kappa shape index (κ2) is 9.28. The van der Waals surface area contributed by atoms with E-state index in [1.54, 1.807) is 56.0 Å². The zero-order valence-electron chi connectivity index (χ0n) is 21.6. The smallest absolute Gasteiger partial charge is 0.410 e. The van der Waals surface area contributed by atoms with Gasteiger partial charge in [-0.1, -0.05) is 18.2 Å². The van der Waals surface area contributed by atoms with E-state index in [9.17, 15) is 18.5 Å². The molecule has 0 aliphatic carbocycles. The van der Waals surface area contributed by atoms with E-state index in [1.807, 2.05) is 0 Å². The molecule has 0 saturated carbocycles. The Morgan fingerprint density at radius 1 is 1.18 bits per heavy atom. The lowest BCUT2D eigenvalue weighted by atomic mass is 9.87. The molecule has 5 rings (SSSR count). The van der Waals surface area contributed by atoms with Crippen LogP contribution in [0, 0.1) is 11.3 Å². The minimum atomic E-state index is -3.98. The molecular weight excluding hydrogens is 522 g/mol. The minimum Gasteiger partial charge on any atom is -0.444 e. The van der Waals surface area contributed by atoms with Crippen molar-refractivity contribution in [3.05, 3.63) is 55.1 Å². The fraction of sp³-hybridized carbons (Fsp3) is 0.320. The van der Waals surface area contributed by atoms with Gasteiger partial charge in [-0.3, -0.25) is 4.68 Å². The molecule has 1 amide bonds. The van der Waals surface area contributed by atoms with Crippen molar-refractivity contribution < 1.29 is 17.9 Å². The van der Waals surface area contributed by atoms with Crippen LogP contribution in [0.2, 0.25) is 0 Å². The number of pyridine rings is 1. The molecule has 202 valence electrons. The van der Waals surface area contributed by atoms with E-state index in [-0.39, 0.29) is 35.7 Å². The fourth-order valence-electron chi connectivity index (χ4n) is 4.38. The highest BCUT2D eigenvalue weighted by atomic mass is 32.2. The number of rotatable bonds is 6. The second-order valence-electron chi connectivity index (χ2n) is 10.3. The van der Waals surface area contributed by atoms with Crippen molar-refractivity contribution in [2.24, 2.45) is 0 Å². The number of nitrogens with one attached hydrogen (secondary N) is 1. The SMILES string of the molecule is CC(C)(C)OC(=O)N1CC(CC#N)(n2cc(Nc3c(N)cnc4c3cnn4S(=O)(=O)c3ccccc3)cn2)C1. The Kier molecular flexibility index (Phi) is 6.18. The van der Waals surface area contributed by atoms with E-state index in [0.29, 0.717) is 16.8 Å². The molecule has 3 aromatic heterocycles. The summed E-state index contributed by atoms with van der Waals surface area (Å²) < 4.78 is 34.3. The second-order valence-corrected chi connectivity index (χ2v) is 12.1. The molecular formula is C25H27N9O4S. The molecule has 1 saturated heterocycles. The van der Waals surface area contributed by atoms with Gasteiger partial charge >= 0.3 is 6.09 Å². The first-order chi connectivity index (χ1) is 18.4. The first kappa shape index (κ1) is 26.0. The summed E-state index contributed by atoms with van der Waals surface area (Å²) in [5, 5.41) is 21.6. The van der Waals surface area contributed by atoms with E-state index in [0.717, 1.165) is 4.09 Å². The first-order valence-corrected chi connectivity index (χ1v) is 13.5. The Morgan fingerprint density at radius 2 is 1.90 bits per heavy atom. The molecule has 1 aliphatic heterocycles. The number of fused-ring (bicyclic) bond motifs is 1. The average molecular weight is 550 g/mol. The van der Waals surface area contributed by atoms with Crippen molar-refractivity contribution in [3.63, 3.8) is 0 Å². The van der Waals surface area contributed by atoms with Crippen LogP contribution in [0.15, 0.2) is 60.0 Å². The molecule has 0 bridgehead atoms. The van der Waals surface area contributed by atoms with Crippen molar-refractivity contribution in [3.8, 4) is 6.07 Å². The molecule has 39 heavy (non-hydrogen) atoms. The number of ether oxygens (including phenoxy) is 1. The molecule has 0 unspecified atom stereocenters. The predicted octanol–water partition coefficient (Wildman–Crippen LogP) is 3.05. The van der Waals surface area contributed by atoms with Gasteiger partial charge in [0.25, 0.3) is 10.0 Å². The van der Waals surface area contributed by atoms with Gasteiger partial charge in [0.2, 0.25) is 0 Å². The summed E-state index contributed by atoms with van der Waals surface area (Å²) in [6.07, 6.45) is 5.70. The van der Waals surface area contributed by atoms with Gasteiger partial charge in [0.1, 0.15) is 11.1 Å². The van der Waals surface area contributed by atoms with Crippen LogP contribution in [0.1, 0.15) is 27.2 Å². The average Bonchev–Trinajstić information content (AvgIpc) is 3.50. The molecule has 0 radical (unpaired) electrons.